The van der Waals surface area contributed by atoms with E-state index in [9.17, 15) is 0 Å². The van der Waals surface area contributed by atoms with E-state index in [-0.39, 0.29) is 0 Å². The molecule has 1 aromatic rings. The summed E-state index contributed by atoms with van der Waals surface area (Å²) in [5.41, 5.74) is 10.2. The second-order valence-electron chi connectivity index (χ2n) is 5.53. The van der Waals surface area contributed by atoms with Crippen LogP contribution in [0.3, 0.4) is 0 Å². The Balaban J connectivity index is 2.05. The number of hydrogen-bond acceptors (Lipinski definition) is 2. The van der Waals surface area contributed by atoms with Gasteiger partial charge in [0.1, 0.15) is 0 Å². The molecule has 2 heteroatoms. The lowest BCUT2D eigenvalue weighted by Crippen LogP contribution is -2.45. The lowest BCUT2D eigenvalue weighted by atomic mass is 9.97. The molecule has 0 aromatic heterocycles. The van der Waals surface area contributed by atoms with Crippen LogP contribution >= 0.6 is 0 Å². The first-order chi connectivity index (χ1) is 8.06. The van der Waals surface area contributed by atoms with Crippen molar-refractivity contribution in [3.8, 4) is 0 Å². The molecule has 1 saturated heterocycles. The van der Waals surface area contributed by atoms with E-state index in [0.29, 0.717) is 12.1 Å². The van der Waals surface area contributed by atoms with E-state index < -0.39 is 0 Å². The molecule has 94 valence electrons. The van der Waals surface area contributed by atoms with E-state index in [2.05, 4.69) is 43.9 Å². The Morgan fingerprint density at radius 2 is 2.12 bits per heavy atom. The molecule has 2 atom stereocenters. The zero-order valence-corrected chi connectivity index (χ0v) is 11.2. The molecule has 1 aliphatic rings. The number of benzene rings is 1. The molecule has 0 saturated carbocycles. The second-order valence-corrected chi connectivity index (χ2v) is 5.53. The number of likely N-dealkylation sites (tertiary alicyclic amines) is 1. The van der Waals surface area contributed by atoms with Crippen LogP contribution in [0.25, 0.3) is 0 Å². The lowest BCUT2D eigenvalue weighted by molar-refractivity contribution is 0.140. The maximum absolute atomic E-state index is 6.00. The van der Waals surface area contributed by atoms with Gasteiger partial charge >= 0.3 is 0 Å². The van der Waals surface area contributed by atoms with Crippen molar-refractivity contribution in [1.82, 2.24) is 4.90 Å². The van der Waals surface area contributed by atoms with Gasteiger partial charge in [0.2, 0.25) is 0 Å². The summed E-state index contributed by atoms with van der Waals surface area (Å²) in [5.74, 6) is 0. The summed E-state index contributed by atoms with van der Waals surface area (Å²) in [7, 11) is 0. The minimum atomic E-state index is 0.403. The lowest BCUT2D eigenvalue weighted by Gasteiger charge is -2.36. The Morgan fingerprint density at radius 1 is 1.35 bits per heavy atom. The molecule has 2 unspecified atom stereocenters. The normalized spacial score (nSPS) is 26.1. The first-order valence-corrected chi connectivity index (χ1v) is 6.62. The van der Waals surface area contributed by atoms with Gasteiger partial charge in [0, 0.05) is 25.2 Å². The van der Waals surface area contributed by atoms with Gasteiger partial charge in [-0.15, -0.1) is 0 Å². The van der Waals surface area contributed by atoms with Crippen LogP contribution in [-0.2, 0) is 6.54 Å². The van der Waals surface area contributed by atoms with E-state index in [1.54, 1.807) is 0 Å². The molecule has 2 nitrogen and oxygen atoms in total. The highest BCUT2D eigenvalue weighted by Gasteiger charge is 2.23. The molecule has 1 fully saturated rings. The van der Waals surface area contributed by atoms with Crippen molar-refractivity contribution in [2.24, 2.45) is 5.73 Å². The maximum Gasteiger partial charge on any atom is 0.0239 e. The molecule has 1 aromatic carbocycles. The predicted molar refractivity (Wildman–Crippen MR) is 73.0 cm³/mol. The SMILES string of the molecule is Cc1ccc(CN2CCC(N)CC2C)c(C)c1. The summed E-state index contributed by atoms with van der Waals surface area (Å²) in [6, 6.07) is 7.77. The Morgan fingerprint density at radius 3 is 2.76 bits per heavy atom. The Hall–Kier alpha value is -0.860. The minimum Gasteiger partial charge on any atom is -0.328 e. The van der Waals surface area contributed by atoms with E-state index >= 15 is 0 Å². The Bertz CT molecular complexity index is 387. The van der Waals surface area contributed by atoms with Crippen LogP contribution in [0.1, 0.15) is 36.5 Å². The summed E-state index contributed by atoms with van der Waals surface area (Å²) < 4.78 is 0. The van der Waals surface area contributed by atoms with E-state index in [4.69, 9.17) is 5.73 Å². The molecule has 17 heavy (non-hydrogen) atoms. The standard InChI is InChI=1S/C15H24N2/c1-11-4-5-14(12(2)8-11)10-17-7-6-15(16)9-13(17)3/h4-5,8,13,15H,6-7,9-10,16H2,1-3H3. The van der Waals surface area contributed by atoms with Crippen molar-refractivity contribution in [1.29, 1.82) is 0 Å². The highest BCUT2D eigenvalue weighted by atomic mass is 15.2. The number of piperidine rings is 1. The molecule has 1 aliphatic heterocycles. The van der Waals surface area contributed by atoms with Gasteiger partial charge in [-0.1, -0.05) is 23.8 Å². The molecule has 0 amide bonds. The average Bonchev–Trinajstić information content (AvgIpc) is 2.25. The molecular weight excluding hydrogens is 208 g/mol. The number of hydrogen-bond donors (Lipinski definition) is 1. The number of nitrogens with two attached hydrogens (primary N) is 1. The van der Waals surface area contributed by atoms with Gasteiger partial charge in [-0.05, 0) is 44.7 Å². The summed E-state index contributed by atoms with van der Waals surface area (Å²) in [5, 5.41) is 0. The van der Waals surface area contributed by atoms with Crippen molar-refractivity contribution in [2.75, 3.05) is 6.54 Å². The van der Waals surface area contributed by atoms with Crippen molar-refractivity contribution in [3.63, 3.8) is 0 Å². The quantitative estimate of drug-likeness (QED) is 0.849. The fraction of sp³-hybridized carbons (Fsp3) is 0.600. The smallest absolute Gasteiger partial charge is 0.0239 e. The van der Waals surface area contributed by atoms with Gasteiger partial charge < -0.3 is 5.73 Å². The van der Waals surface area contributed by atoms with Crippen LogP contribution in [0.15, 0.2) is 18.2 Å². The average molecular weight is 232 g/mol. The van der Waals surface area contributed by atoms with Crippen LogP contribution < -0.4 is 5.73 Å². The molecule has 2 rings (SSSR count). The third kappa shape index (κ3) is 3.08. The molecule has 0 spiro atoms. The summed E-state index contributed by atoms with van der Waals surface area (Å²) in [6.45, 7) is 8.86. The third-order valence-corrected chi connectivity index (χ3v) is 3.93. The van der Waals surface area contributed by atoms with Crippen molar-refractivity contribution in [3.05, 3.63) is 34.9 Å². The molecular formula is C15H24N2. The monoisotopic (exact) mass is 232 g/mol. The fourth-order valence-electron chi connectivity index (χ4n) is 2.73. The van der Waals surface area contributed by atoms with E-state index in [1.165, 1.54) is 16.7 Å². The third-order valence-electron chi connectivity index (χ3n) is 3.93. The number of aryl methyl sites for hydroxylation is 2. The summed E-state index contributed by atoms with van der Waals surface area (Å²) in [4.78, 5) is 2.56. The molecule has 2 N–H and O–H groups in total. The predicted octanol–water partition coefficient (Wildman–Crippen LogP) is 2.62. The van der Waals surface area contributed by atoms with Crippen LogP contribution in [0.4, 0.5) is 0 Å². The Labute approximate surface area is 105 Å². The fourth-order valence-corrected chi connectivity index (χ4v) is 2.73. The van der Waals surface area contributed by atoms with Gasteiger partial charge in [0.05, 0.1) is 0 Å². The molecule has 0 aliphatic carbocycles. The van der Waals surface area contributed by atoms with Gasteiger partial charge in [0.25, 0.3) is 0 Å². The van der Waals surface area contributed by atoms with Gasteiger partial charge in [-0.3, -0.25) is 4.90 Å². The topological polar surface area (TPSA) is 29.3 Å². The second kappa shape index (κ2) is 5.19. The van der Waals surface area contributed by atoms with Crippen molar-refractivity contribution in [2.45, 2.75) is 52.2 Å². The van der Waals surface area contributed by atoms with Crippen molar-refractivity contribution < 1.29 is 0 Å². The maximum atomic E-state index is 6.00. The summed E-state index contributed by atoms with van der Waals surface area (Å²) >= 11 is 0. The van der Waals surface area contributed by atoms with Crippen LogP contribution in [-0.4, -0.2) is 23.5 Å². The van der Waals surface area contributed by atoms with Crippen molar-refractivity contribution >= 4 is 0 Å². The van der Waals surface area contributed by atoms with Crippen LogP contribution in [0.2, 0.25) is 0 Å². The molecule has 0 radical (unpaired) electrons. The van der Waals surface area contributed by atoms with Gasteiger partial charge in [-0.25, -0.2) is 0 Å². The highest BCUT2D eigenvalue weighted by molar-refractivity contribution is 5.30. The largest absolute Gasteiger partial charge is 0.328 e. The molecule has 0 bridgehead atoms. The van der Waals surface area contributed by atoms with E-state index in [0.717, 1.165) is 25.9 Å². The summed E-state index contributed by atoms with van der Waals surface area (Å²) in [6.07, 6.45) is 2.26. The molecule has 1 heterocycles. The van der Waals surface area contributed by atoms with Crippen LogP contribution in [0.5, 0.6) is 0 Å². The Kier molecular flexibility index (Phi) is 3.85. The van der Waals surface area contributed by atoms with Gasteiger partial charge in [0.15, 0.2) is 0 Å². The first kappa shape index (κ1) is 12.6. The number of nitrogens with zero attached hydrogens (tertiary/aromatic N) is 1. The minimum absolute atomic E-state index is 0.403. The first-order valence-electron chi connectivity index (χ1n) is 6.62. The number of rotatable bonds is 2. The highest BCUT2D eigenvalue weighted by Crippen LogP contribution is 2.20. The zero-order chi connectivity index (χ0) is 12.4. The van der Waals surface area contributed by atoms with Crippen LogP contribution in [0, 0.1) is 13.8 Å². The zero-order valence-electron chi connectivity index (χ0n) is 11.2. The van der Waals surface area contributed by atoms with Gasteiger partial charge in [-0.2, -0.15) is 0 Å². The van der Waals surface area contributed by atoms with E-state index in [1.807, 2.05) is 0 Å².